The highest BCUT2D eigenvalue weighted by Crippen LogP contribution is 2.32. The summed E-state index contributed by atoms with van der Waals surface area (Å²) in [4.78, 5) is 26.6. The Morgan fingerprint density at radius 1 is 1.40 bits per heavy atom. The molecule has 0 saturated carbocycles. The van der Waals surface area contributed by atoms with Crippen molar-refractivity contribution in [3.05, 3.63) is 21.4 Å². The maximum Gasteiger partial charge on any atom is 0.410 e. The van der Waals surface area contributed by atoms with Crippen molar-refractivity contribution in [2.45, 2.75) is 39.5 Å². The number of nitrogens with zero attached hydrogens (tertiary/aromatic N) is 1. The molecule has 5 nitrogen and oxygen atoms in total. The molecular weight excluding hydrogens is 302 g/mol. The molecule has 1 aliphatic rings. The summed E-state index contributed by atoms with van der Waals surface area (Å²) in [7, 11) is 0. The minimum absolute atomic E-state index is 0.161. The number of rotatable bonds is 2. The van der Waals surface area contributed by atoms with Gasteiger partial charge in [0.1, 0.15) is 10.5 Å². The molecule has 1 aliphatic heterocycles. The highest BCUT2D eigenvalue weighted by atomic mass is 35.5. The quantitative estimate of drug-likeness (QED) is 0.620. The molecule has 0 saturated heterocycles. The summed E-state index contributed by atoms with van der Waals surface area (Å²) in [5, 5.41) is 0. The first-order chi connectivity index (χ1) is 9.30. The Hall–Kier alpha value is -1.27. The van der Waals surface area contributed by atoms with Crippen LogP contribution in [0.4, 0.5) is 4.79 Å². The van der Waals surface area contributed by atoms with Crippen LogP contribution in [0.15, 0.2) is 6.07 Å². The van der Waals surface area contributed by atoms with Crippen molar-refractivity contribution in [3.63, 3.8) is 0 Å². The molecule has 0 bridgehead atoms. The Morgan fingerprint density at radius 2 is 2.10 bits per heavy atom. The summed E-state index contributed by atoms with van der Waals surface area (Å²) in [6.07, 6.45) is -0.342. The van der Waals surface area contributed by atoms with Crippen LogP contribution in [-0.4, -0.2) is 28.6 Å². The molecule has 0 atom stereocenters. The minimum atomic E-state index is -0.511. The number of thiophene rings is 1. The minimum Gasteiger partial charge on any atom is -0.445 e. The highest BCUT2D eigenvalue weighted by Gasteiger charge is 2.30. The molecule has 0 aromatic carbocycles. The van der Waals surface area contributed by atoms with Crippen LogP contribution in [0, 0.1) is 0 Å². The topological polar surface area (TPSA) is 55.8 Å². The molecule has 1 amide bonds. The third-order valence-electron chi connectivity index (χ3n) is 2.63. The van der Waals surface area contributed by atoms with Gasteiger partial charge in [0.25, 0.3) is 0 Å². The van der Waals surface area contributed by atoms with E-state index in [1.807, 2.05) is 20.8 Å². The molecule has 0 spiro atoms. The van der Waals surface area contributed by atoms with Crippen LogP contribution >= 0.6 is 22.9 Å². The SMILES string of the molecule is CC(C)(C)OC(=O)N1Cc2cc(C(=O)OCCl)sc2C1. The molecule has 0 aliphatic carbocycles. The summed E-state index contributed by atoms with van der Waals surface area (Å²) in [6.45, 7) is 6.41. The van der Waals surface area contributed by atoms with Crippen LogP contribution in [-0.2, 0) is 22.6 Å². The van der Waals surface area contributed by atoms with Crippen LogP contribution in [0.1, 0.15) is 40.9 Å². The number of hydrogen-bond acceptors (Lipinski definition) is 5. The molecule has 1 aromatic rings. The average Bonchev–Trinajstić information content (AvgIpc) is 2.83. The van der Waals surface area contributed by atoms with E-state index in [0.29, 0.717) is 18.0 Å². The van der Waals surface area contributed by atoms with Gasteiger partial charge in [0.2, 0.25) is 0 Å². The molecule has 7 heteroatoms. The van der Waals surface area contributed by atoms with E-state index in [1.54, 1.807) is 11.0 Å². The maximum absolute atomic E-state index is 11.9. The average molecular weight is 318 g/mol. The van der Waals surface area contributed by atoms with Gasteiger partial charge >= 0.3 is 12.1 Å². The molecule has 2 heterocycles. The van der Waals surface area contributed by atoms with Gasteiger partial charge in [-0.1, -0.05) is 11.6 Å². The Labute approximate surface area is 126 Å². The van der Waals surface area contributed by atoms with Crippen LogP contribution in [0.5, 0.6) is 0 Å². The van der Waals surface area contributed by atoms with Crippen molar-refractivity contribution in [3.8, 4) is 0 Å². The number of amides is 1. The highest BCUT2D eigenvalue weighted by molar-refractivity contribution is 7.14. The fourth-order valence-electron chi connectivity index (χ4n) is 1.85. The van der Waals surface area contributed by atoms with Gasteiger partial charge in [0, 0.05) is 4.88 Å². The van der Waals surface area contributed by atoms with Crippen molar-refractivity contribution >= 4 is 35.0 Å². The number of carbonyl (C=O) groups is 2. The van der Waals surface area contributed by atoms with E-state index >= 15 is 0 Å². The Balaban J connectivity index is 2.01. The molecule has 0 unspecified atom stereocenters. The number of carbonyl (C=O) groups excluding carboxylic acids is 2. The molecule has 0 fully saturated rings. The zero-order valence-corrected chi connectivity index (χ0v) is 13.1. The van der Waals surface area contributed by atoms with Crippen molar-refractivity contribution in [1.82, 2.24) is 4.90 Å². The normalized spacial score (nSPS) is 14.1. The van der Waals surface area contributed by atoms with Crippen molar-refractivity contribution in [1.29, 1.82) is 0 Å². The van der Waals surface area contributed by atoms with Gasteiger partial charge in [-0.2, -0.15) is 0 Å². The summed E-state index contributed by atoms with van der Waals surface area (Å²) in [5.74, 6) is -0.428. The lowest BCUT2D eigenvalue weighted by molar-refractivity contribution is 0.0242. The van der Waals surface area contributed by atoms with Crippen molar-refractivity contribution < 1.29 is 19.1 Å². The van der Waals surface area contributed by atoms with Gasteiger partial charge in [-0.05, 0) is 32.4 Å². The van der Waals surface area contributed by atoms with Crippen LogP contribution in [0.3, 0.4) is 0 Å². The first kappa shape index (κ1) is 15.1. The van der Waals surface area contributed by atoms with Gasteiger partial charge in [0.05, 0.1) is 13.1 Å². The lowest BCUT2D eigenvalue weighted by Gasteiger charge is -2.24. The fourth-order valence-corrected chi connectivity index (χ4v) is 3.03. The molecular formula is C13H16ClNO4S. The van der Waals surface area contributed by atoms with Crippen molar-refractivity contribution in [2.24, 2.45) is 0 Å². The molecule has 20 heavy (non-hydrogen) atoms. The molecule has 2 rings (SSSR count). The monoisotopic (exact) mass is 317 g/mol. The predicted octanol–water partition coefficient (Wildman–Crippen LogP) is 3.35. The standard InChI is InChI=1S/C13H16ClNO4S/c1-13(2,3)19-12(17)15-5-8-4-9(11(16)18-7-14)20-10(8)6-15/h4H,5-7H2,1-3H3. The second kappa shape index (κ2) is 5.61. The number of ether oxygens (including phenoxy) is 2. The van der Waals surface area contributed by atoms with Gasteiger partial charge in [-0.3, -0.25) is 4.90 Å². The second-order valence-electron chi connectivity index (χ2n) is 5.44. The lowest BCUT2D eigenvalue weighted by atomic mass is 10.2. The van der Waals surface area contributed by atoms with E-state index in [9.17, 15) is 9.59 Å². The van der Waals surface area contributed by atoms with E-state index in [2.05, 4.69) is 0 Å². The van der Waals surface area contributed by atoms with Crippen LogP contribution in [0.25, 0.3) is 0 Å². The van der Waals surface area contributed by atoms with Crippen LogP contribution in [0.2, 0.25) is 0 Å². The zero-order valence-electron chi connectivity index (χ0n) is 11.6. The Bertz CT molecular complexity index is 511. The van der Waals surface area contributed by atoms with Gasteiger partial charge < -0.3 is 9.47 Å². The predicted molar refractivity (Wildman–Crippen MR) is 75.9 cm³/mol. The molecule has 1 aromatic heterocycles. The maximum atomic E-state index is 11.9. The second-order valence-corrected chi connectivity index (χ2v) is 6.79. The number of alkyl halides is 1. The summed E-state index contributed by atoms with van der Waals surface area (Å²) in [6, 6.07) is 1.59. The molecule has 110 valence electrons. The van der Waals surface area contributed by atoms with E-state index in [-0.39, 0.29) is 12.2 Å². The van der Waals surface area contributed by atoms with Gasteiger partial charge in [0.15, 0.2) is 6.07 Å². The lowest BCUT2D eigenvalue weighted by Crippen LogP contribution is -2.33. The van der Waals surface area contributed by atoms with Crippen LogP contribution < -0.4 is 0 Å². The Kier molecular flexibility index (Phi) is 4.25. The van der Waals surface area contributed by atoms with Crippen molar-refractivity contribution in [2.75, 3.05) is 6.07 Å². The fraction of sp³-hybridized carbons (Fsp3) is 0.538. The largest absolute Gasteiger partial charge is 0.445 e. The third-order valence-corrected chi connectivity index (χ3v) is 3.88. The van der Waals surface area contributed by atoms with E-state index in [0.717, 1.165) is 10.4 Å². The summed E-state index contributed by atoms with van der Waals surface area (Å²) in [5.41, 5.74) is 0.449. The van der Waals surface area contributed by atoms with Gasteiger partial charge in [-0.25, -0.2) is 9.59 Å². The number of esters is 1. The number of hydrogen-bond donors (Lipinski definition) is 0. The van der Waals surface area contributed by atoms with E-state index in [4.69, 9.17) is 21.1 Å². The first-order valence-corrected chi connectivity index (χ1v) is 7.48. The number of halogens is 1. The zero-order chi connectivity index (χ0) is 14.9. The summed E-state index contributed by atoms with van der Waals surface area (Å²) < 4.78 is 10.1. The Morgan fingerprint density at radius 3 is 2.65 bits per heavy atom. The van der Waals surface area contributed by atoms with Gasteiger partial charge in [-0.15, -0.1) is 11.3 Å². The number of fused-ring (bicyclic) bond motifs is 1. The first-order valence-electron chi connectivity index (χ1n) is 6.13. The smallest absolute Gasteiger partial charge is 0.410 e. The third kappa shape index (κ3) is 3.43. The summed E-state index contributed by atoms with van der Waals surface area (Å²) >= 11 is 6.69. The van der Waals surface area contributed by atoms with E-state index < -0.39 is 11.6 Å². The van der Waals surface area contributed by atoms with E-state index in [1.165, 1.54) is 11.3 Å². The molecule has 0 radical (unpaired) electrons. The molecule has 0 N–H and O–H groups in total.